The smallest absolute Gasteiger partial charge is 0.309 e. The van der Waals surface area contributed by atoms with Crippen LogP contribution in [0.15, 0.2) is 30.3 Å². The van der Waals surface area contributed by atoms with Crippen LogP contribution < -0.4 is 0 Å². The van der Waals surface area contributed by atoms with Crippen LogP contribution in [0.25, 0.3) is 0 Å². The summed E-state index contributed by atoms with van der Waals surface area (Å²) in [6, 6.07) is 9.87. The highest BCUT2D eigenvalue weighted by molar-refractivity contribution is 6.20. The van der Waals surface area contributed by atoms with E-state index in [9.17, 15) is 4.79 Å². The fourth-order valence-electron chi connectivity index (χ4n) is 3.80. The third-order valence-electron chi connectivity index (χ3n) is 4.90. The third kappa shape index (κ3) is 3.01. The van der Waals surface area contributed by atoms with Crippen LogP contribution in [0.1, 0.15) is 44.1 Å². The van der Waals surface area contributed by atoms with Crippen molar-refractivity contribution < 1.29 is 9.53 Å². The van der Waals surface area contributed by atoms with Crippen LogP contribution in [0.4, 0.5) is 0 Å². The number of esters is 1. The molecule has 1 aromatic carbocycles. The molecule has 20 heavy (non-hydrogen) atoms. The Morgan fingerprint density at radius 1 is 1.20 bits per heavy atom. The number of ether oxygens (including phenoxy) is 1. The monoisotopic (exact) mass is 292 g/mol. The summed E-state index contributed by atoms with van der Waals surface area (Å²) in [6.45, 7) is 0.390. The molecule has 0 aromatic heterocycles. The molecule has 2 aliphatic rings. The van der Waals surface area contributed by atoms with Gasteiger partial charge in [0.25, 0.3) is 0 Å². The van der Waals surface area contributed by atoms with Gasteiger partial charge in [0, 0.05) is 5.38 Å². The Labute approximate surface area is 125 Å². The number of halogens is 1. The molecule has 0 N–H and O–H groups in total. The van der Waals surface area contributed by atoms with Gasteiger partial charge >= 0.3 is 5.97 Å². The molecule has 2 fully saturated rings. The van der Waals surface area contributed by atoms with E-state index in [0.29, 0.717) is 17.4 Å². The maximum Gasteiger partial charge on any atom is 0.309 e. The Balaban J connectivity index is 1.52. The Hall–Kier alpha value is -1.02. The fourth-order valence-corrected chi connectivity index (χ4v) is 4.24. The van der Waals surface area contributed by atoms with Gasteiger partial charge < -0.3 is 4.74 Å². The predicted molar refractivity (Wildman–Crippen MR) is 79.5 cm³/mol. The summed E-state index contributed by atoms with van der Waals surface area (Å²) in [5, 5.41) is 0.314. The number of rotatable bonds is 3. The molecule has 0 heterocycles. The van der Waals surface area contributed by atoms with E-state index in [4.69, 9.17) is 16.3 Å². The Morgan fingerprint density at radius 3 is 2.65 bits per heavy atom. The number of hydrogen-bond donors (Lipinski definition) is 0. The topological polar surface area (TPSA) is 26.3 Å². The van der Waals surface area contributed by atoms with E-state index >= 15 is 0 Å². The summed E-state index contributed by atoms with van der Waals surface area (Å²) in [7, 11) is 0. The second-order valence-electron chi connectivity index (χ2n) is 6.37. The van der Waals surface area contributed by atoms with Gasteiger partial charge in [0.15, 0.2) is 0 Å². The van der Waals surface area contributed by atoms with E-state index < -0.39 is 0 Å². The Kier molecular flexibility index (Phi) is 4.02. The molecule has 1 aromatic rings. The van der Waals surface area contributed by atoms with E-state index in [0.717, 1.165) is 37.7 Å². The molecule has 2 nitrogen and oxygen atoms in total. The first kappa shape index (κ1) is 13.9. The molecule has 2 unspecified atom stereocenters. The van der Waals surface area contributed by atoms with Crippen LogP contribution in [0, 0.1) is 11.3 Å². The van der Waals surface area contributed by atoms with Gasteiger partial charge in [-0.25, -0.2) is 0 Å². The highest BCUT2D eigenvalue weighted by Gasteiger charge is 2.46. The number of benzene rings is 1. The van der Waals surface area contributed by atoms with Gasteiger partial charge in [0.05, 0.1) is 5.92 Å². The van der Waals surface area contributed by atoms with Gasteiger partial charge in [-0.1, -0.05) is 30.3 Å². The van der Waals surface area contributed by atoms with E-state index in [1.54, 1.807) is 0 Å². The van der Waals surface area contributed by atoms with E-state index in [1.165, 1.54) is 6.42 Å². The minimum atomic E-state index is -0.0243. The summed E-state index contributed by atoms with van der Waals surface area (Å²) in [5.41, 5.74) is 1.39. The summed E-state index contributed by atoms with van der Waals surface area (Å²) in [5.74, 6) is 0.0597. The number of hydrogen-bond acceptors (Lipinski definition) is 2. The maximum atomic E-state index is 12.2. The van der Waals surface area contributed by atoms with Crippen molar-refractivity contribution in [1.82, 2.24) is 0 Å². The SMILES string of the molecule is O=C(OCc1ccccc1)[C@@H]1CCC2(CCC(Cl)C2)C1. The van der Waals surface area contributed by atoms with Gasteiger partial charge in [-0.15, -0.1) is 11.6 Å². The molecule has 3 heteroatoms. The van der Waals surface area contributed by atoms with E-state index in [-0.39, 0.29) is 11.9 Å². The molecule has 0 saturated heterocycles. The zero-order valence-corrected chi connectivity index (χ0v) is 12.4. The van der Waals surface area contributed by atoms with Crippen molar-refractivity contribution in [2.75, 3.05) is 0 Å². The van der Waals surface area contributed by atoms with Gasteiger partial charge in [-0.3, -0.25) is 4.79 Å². The van der Waals surface area contributed by atoms with Crippen molar-refractivity contribution in [3.63, 3.8) is 0 Å². The van der Waals surface area contributed by atoms with Crippen molar-refractivity contribution in [2.45, 2.75) is 50.5 Å². The molecule has 0 bridgehead atoms. The highest BCUT2D eigenvalue weighted by atomic mass is 35.5. The van der Waals surface area contributed by atoms with Crippen molar-refractivity contribution in [2.24, 2.45) is 11.3 Å². The Bertz CT molecular complexity index is 473. The molecule has 2 aliphatic carbocycles. The van der Waals surface area contributed by atoms with Crippen molar-refractivity contribution >= 4 is 17.6 Å². The average Bonchev–Trinajstić information content (AvgIpc) is 3.04. The average molecular weight is 293 g/mol. The number of carbonyl (C=O) groups excluding carboxylic acids is 1. The molecule has 1 spiro atoms. The zero-order valence-electron chi connectivity index (χ0n) is 11.7. The predicted octanol–water partition coefficient (Wildman–Crippen LogP) is 4.31. The molecular weight excluding hydrogens is 272 g/mol. The van der Waals surface area contributed by atoms with Crippen molar-refractivity contribution in [1.29, 1.82) is 0 Å². The molecule has 3 rings (SSSR count). The molecule has 2 saturated carbocycles. The van der Waals surface area contributed by atoms with Crippen LogP contribution in [-0.2, 0) is 16.1 Å². The second-order valence-corrected chi connectivity index (χ2v) is 6.99. The number of carbonyl (C=O) groups is 1. The quantitative estimate of drug-likeness (QED) is 0.613. The maximum absolute atomic E-state index is 12.2. The molecule has 0 aliphatic heterocycles. The van der Waals surface area contributed by atoms with Gasteiger partial charge in [0.2, 0.25) is 0 Å². The standard InChI is InChI=1S/C17H21ClO2/c18-15-7-9-17(11-15)8-6-14(10-17)16(19)20-12-13-4-2-1-3-5-13/h1-5,14-15H,6-12H2/t14-,15?,17?/m1/s1. The van der Waals surface area contributed by atoms with Crippen LogP contribution in [-0.4, -0.2) is 11.3 Å². The summed E-state index contributed by atoms with van der Waals surface area (Å²) >= 11 is 6.23. The molecule has 0 amide bonds. The third-order valence-corrected chi connectivity index (χ3v) is 5.27. The highest BCUT2D eigenvalue weighted by Crippen LogP contribution is 2.54. The molecule has 0 radical (unpaired) electrons. The van der Waals surface area contributed by atoms with Crippen molar-refractivity contribution in [3.8, 4) is 0 Å². The zero-order chi connectivity index (χ0) is 14.0. The van der Waals surface area contributed by atoms with Gasteiger partial charge in [0.1, 0.15) is 6.61 Å². The fraction of sp³-hybridized carbons (Fsp3) is 0.588. The van der Waals surface area contributed by atoms with Crippen LogP contribution in [0.2, 0.25) is 0 Å². The van der Waals surface area contributed by atoms with E-state index in [2.05, 4.69) is 0 Å². The number of alkyl halides is 1. The van der Waals surface area contributed by atoms with Gasteiger partial charge in [-0.2, -0.15) is 0 Å². The Morgan fingerprint density at radius 2 is 1.95 bits per heavy atom. The molecule has 3 atom stereocenters. The molecular formula is C17H21ClO2. The lowest BCUT2D eigenvalue weighted by Gasteiger charge is -2.22. The lowest BCUT2D eigenvalue weighted by molar-refractivity contribution is -0.150. The van der Waals surface area contributed by atoms with Crippen LogP contribution >= 0.6 is 11.6 Å². The molecule has 108 valence electrons. The van der Waals surface area contributed by atoms with Crippen LogP contribution in [0.3, 0.4) is 0 Å². The van der Waals surface area contributed by atoms with Crippen LogP contribution in [0.5, 0.6) is 0 Å². The summed E-state index contributed by atoms with van der Waals surface area (Å²) < 4.78 is 5.47. The summed E-state index contributed by atoms with van der Waals surface area (Å²) in [4.78, 5) is 12.2. The largest absolute Gasteiger partial charge is 0.461 e. The first-order chi connectivity index (χ1) is 9.67. The van der Waals surface area contributed by atoms with Crippen molar-refractivity contribution in [3.05, 3.63) is 35.9 Å². The summed E-state index contributed by atoms with van der Waals surface area (Å²) in [6.07, 6.45) is 6.45. The minimum Gasteiger partial charge on any atom is -0.461 e. The first-order valence-corrected chi connectivity index (χ1v) is 7.95. The van der Waals surface area contributed by atoms with E-state index in [1.807, 2.05) is 30.3 Å². The van der Waals surface area contributed by atoms with Gasteiger partial charge in [-0.05, 0) is 49.5 Å². The first-order valence-electron chi connectivity index (χ1n) is 7.52. The minimum absolute atomic E-state index is 0.0243. The lowest BCUT2D eigenvalue weighted by atomic mass is 9.84. The lowest BCUT2D eigenvalue weighted by Crippen LogP contribution is -2.18. The normalized spacial score (nSPS) is 32.6. The second kappa shape index (κ2) is 5.77.